The maximum absolute atomic E-state index is 11.6. The first-order chi connectivity index (χ1) is 6.74. The van der Waals surface area contributed by atoms with E-state index in [2.05, 4.69) is 5.32 Å². The fraction of sp³-hybridized carbons (Fsp3) is 0.909. The molecule has 0 aliphatic heterocycles. The summed E-state index contributed by atoms with van der Waals surface area (Å²) in [6.07, 6.45) is 4.10. The van der Waals surface area contributed by atoms with Gasteiger partial charge in [0, 0.05) is 12.5 Å². The highest BCUT2D eigenvalue weighted by Crippen LogP contribution is 2.57. The maximum Gasteiger partial charge on any atom is 0.223 e. The van der Waals surface area contributed by atoms with E-state index >= 15 is 0 Å². The van der Waals surface area contributed by atoms with Gasteiger partial charge in [0.15, 0.2) is 0 Å². The highest BCUT2D eigenvalue weighted by molar-refractivity contribution is 5.82. The summed E-state index contributed by atoms with van der Waals surface area (Å²) in [7, 11) is 0. The molecule has 0 aromatic rings. The van der Waals surface area contributed by atoms with Crippen LogP contribution in [-0.4, -0.2) is 23.7 Å². The van der Waals surface area contributed by atoms with E-state index in [0.29, 0.717) is 24.8 Å². The molecule has 3 heteroatoms. The van der Waals surface area contributed by atoms with Crippen LogP contribution >= 0.6 is 0 Å². The molecule has 2 fully saturated rings. The lowest BCUT2D eigenvalue weighted by Gasteiger charge is -2.10. The average Bonchev–Trinajstić information content (AvgIpc) is 2.68. The van der Waals surface area contributed by atoms with E-state index in [9.17, 15) is 9.90 Å². The Morgan fingerprint density at radius 1 is 1.50 bits per heavy atom. The fourth-order valence-electron chi connectivity index (χ4n) is 2.69. The first-order valence-corrected chi connectivity index (χ1v) is 5.69. The van der Waals surface area contributed by atoms with Gasteiger partial charge < -0.3 is 10.4 Å². The van der Waals surface area contributed by atoms with Crippen LogP contribution in [0.2, 0.25) is 0 Å². The van der Waals surface area contributed by atoms with Gasteiger partial charge in [-0.1, -0.05) is 13.3 Å². The molecule has 14 heavy (non-hydrogen) atoms. The number of hydrogen-bond acceptors (Lipinski definition) is 2. The van der Waals surface area contributed by atoms with Crippen molar-refractivity contribution in [1.29, 1.82) is 0 Å². The molecule has 80 valence electrons. The summed E-state index contributed by atoms with van der Waals surface area (Å²) in [6.45, 7) is 2.34. The van der Waals surface area contributed by atoms with Crippen LogP contribution in [0, 0.1) is 17.8 Å². The molecule has 0 saturated heterocycles. The maximum atomic E-state index is 11.6. The van der Waals surface area contributed by atoms with Gasteiger partial charge in [0.2, 0.25) is 5.91 Å². The van der Waals surface area contributed by atoms with Gasteiger partial charge in [0.05, 0.1) is 6.10 Å². The van der Waals surface area contributed by atoms with Crippen molar-refractivity contribution in [2.75, 3.05) is 6.54 Å². The minimum absolute atomic E-state index is 0.173. The lowest BCUT2D eigenvalue weighted by atomic mass is 10.1. The Bertz CT molecular complexity index is 219. The second kappa shape index (κ2) is 3.89. The monoisotopic (exact) mass is 197 g/mol. The van der Waals surface area contributed by atoms with Gasteiger partial charge in [-0.05, 0) is 31.1 Å². The number of rotatable bonds is 4. The van der Waals surface area contributed by atoms with Crippen LogP contribution in [0.3, 0.4) is 0 Å². The summed E-state index contributed by atoms with van der Waals surface area (Å²) in [4.78, 5) is 11.6. The number of amides is 1. The van der Waals surface area contributed by atoms with Crippen molar-refractivity contribution in [2.45, 2.75) is 38.7 Å². The smallest absolute Gasteiger partial charge is 0.223 e. The Balaban J connectivity index is 1.70. The molecule has 0 aromatic carbocycles. The number of aliphatic hydroxyl groups excluding tert-OH is 1. The minimum atomic E-state index is -0.377. The number of aliphatic hydroxyl groups is 1. The van der Waals surface area contributed by atoms with E-state index in [4.69, 9.17) is 0 Å². The Kier molecular flexibility index (Phi) is 2.77. The molecular weight excluding hydrogens is 178 g/mol. The Morgan fingerprint density at radius 3 is 2.71 bits per heavy atom. The minimum Gasteiger partial charge on any atom is -0.391 e. The van der Waals surface area contributed by atoms with Crippen LogP contribution in [0.15, 0.2) is 0 Å². The lowest BCUT2D eigenvalue weighted by Crippen LogP contribution is -2.33. The van der Waals surface area contributed by atoms with Crippen molar-refractivity contribution in [1.82, 2.24) is 5.32 Å². The van der Waals surface area contributed by atoms with Gasteiger partial charge in [-0.3, -0.25) is 4.79 Å². The molecule has 0 radical (unpaired) electrons. The third-order valence-corrected chi connectivity index (χ3v) is 3.69. The molecule has 1 amide bonds. The molecule has 3 unspecified atom stereocenters. The Labute approximate surface area is 84.9 Å². The van der Waals surface area contributed by atoms with Gasteiger partial charge in [0.1, 0.15) is 0 Å². The standard InChI is InChI=1S/C11H19NO2/c1-2-7(13)6-12-11(14)10-8-4-3-5-9(8)10/h7-10,13H,2-6H2,1H3,(H,12,14). The molecule has 0 spiro atoms. The average molecular weight is 197 g/mol. The summed E-state index contributed by atoms with van der Waals surface area (Å²) in [5, 5.41) is 12.1. The normalized spacial score (nSPS) is 36.3. The second-order valence-corrected chi connectivity index (χ2v) is 4.59. The largest absolute Gasteiger partial charge is 0.391 e. The van der Waals surface area contributed by atoms with Crippen LogP contribution in [0.5, 0.6) is 0 Å². The number of carbonyl (C=O) groups is 1. The van der Waals surface area contributed by atoms with Gasteiger partial charge in [-0.25, -0.2) is 0 Å². The predicted octanol–water partition coefficient (Wildman–Crippen LogP) is 0.920. The summed E-state index contributed by atoms with van der Waals surface area (Å²) >= 11 is 0. The van der Waals surface area contributed by atoms with Crippen LogP contribution < -0.4 is 5.32 Å². The highest BCUT2D eigenvalue weighted by Gasteiger charge is 2.56. The molecular formula is C11H19NO2. The highest BCUT2D eigenvalue weighted by atomic mass is 16.3. The molecule has 0 bridgehead atoms. The molecule has 0 aromatic heterocycles. The zero-order chi connectivity index (χ0) is 10.1. The van der Waals surface area contributed by atoms with Gasteiger partial charge in [-0.2, -0.15) is 0 Å². The molecule has 0 heterocycles. The first-order valence-electron chi connectivity index (χ1n) is 5.69. The number of nitrogens with one attached hydrogen (secondary N) is 1. The van der Waals surface area contributed by atoms with Crippen molar-refractivity contribution in [3.63, 3.8) is 0 Å². The van der Waals surface area contributed by atoms with E-state index in [-0.39, 0.29) is 17.9 Å². The SMILES string of the molecule is CCC(O)CNC(=O)C1C2CCCC21. The van der Waals surface area contributed by atoms with Crippen LogP contribution in [0.1, 0.15) is 32.6 Å². The quantitative estimate of drug-likeness (QED) is 0.704. The molecule has 3 atom stereocenters. The summed E-state index contributed by atoms with van der Waals surface area (Å²) < 4.78 is 0. The second-order valence-electron chi connectivity index (χ2n) is 4.59. The van der Waals surface area contributed by atoms with E-state index < -0.39 is 0 Å². The van der Waals surface area contributed by atoms with Gasteiger partial charge >= 0.3 is 0 Å². The molecule has 2 saturated carbocycles. The van der Waals surface area contributed by atoms with Crippen molar-refractivity contribution in [2.24, 2.45) is 17.8 Å². The molecule has 3 nitrogen and oxygen atoms in total. The van der Waals surface area contributed by atoms with E-state index in [1.165, 1.54) is 19.3 Å². The Morgan fingerprint density at radius 2 is 2.14 bits per heavy atom. The summed E-state index contributed by atoms with van der Waals surface area (Å²) in [6, 6.07) is 0. The van der Waals surface area contributed by atoms with Crippen molar-refractivity contribution in [3.8, 4) is 0 Å². The van der Waals surface area contributed by atoms with Crippen molar-refractivity contribution >= 4 is 5.91 Å². The fourth-order valence-corrected chi connectivity index (χ4v) is 2.69. The molecule has 2 rings (SSSR count). The lowest BCUT2D eigenvalue weighted by molar-refractivity contribution is -0.123. The zero-order valence-electron chi connectivity index (χ0n) is 8.70. The summed E-state index contributed by atoms with van der Waals surface area (Å²) in [5.74, 6) is 1.81. The summed E-state index contributed by atoms with van der Waals surface area (Å²) in [5.41, 5.74) is 0. The van der Waals surface area contributed by atoms with E-state index in [1.54, 1.807) is 0 Å². The first kappa shape index (κ1) is 9.97. The van der Waals surface area contributed by atoms with Crippen molar-refractivity contribution < 1.29 is 9.90 Å². The molecule has 2 aliphatic carbocycles. The predicted molar refractivity (Wildman–Crippen MR) is 53.6 cm³/mol. The van der Waals surface area contributed by atoms with Crippen molar-refractivity contribution in [3.05, 3.63) is 0 Å². The molecule has 2 aliphatic rings. The van der Waals surface area contributed by atoms with Crippen LogP contribution in [0.4, 0.5) is 0 Å². The topological polar surface area (TPSA) is 49.3 Å². The third kappa shape index (κ3) is 1.78. The third-order valence-electron chi connectivity index (χ3n) is 3.69. The van der Waals surface area contributed by atoms with Crippen LogP contribution in [0.25, 0.3) is 0 Å². The van der Waals surface area contributed by atoms with Crippen LogP contribution in [-0.2, 0) is 4.79 Å². The Hall–Kier alpha value is -0.570. The molecule has 2 N–H and O–H groups in total. The van der Waals surface area contributed by atoms with Gasteiger partial charge in [-0.15, -0.1) is 0 Å². The van der Waals surface area contributed by atoms with E-state index in [0.717, 1.165) is 0 Å². The number of hydrogen-bond donors (Lipinski definition) is 2. The number of carbonyl (C=O) groups excluding carboxylic acids is 1. The zero-order valence-corrected chi connectivity index (χ0v) is 8.70. The van der Waals surface area contributed by atoms with Gasteiger partial charge in [0.25, 0.3) is 0 Å². The van der Waals surface area contributed by atoms with E-state index in [1.807, 2.05) is 6.92 Å². The number of fused-ring (bicyclic) bond motifs is 1.